The lowest BCUT2D eigenvalue weighted by Crippen LogP contribution is -2.52. The summed E-state index contributed by atoms with van der Waals surface area (Å²) in [6, 6.07) is 3.75. The molecule has 2 bridgehead atoms. The number of likely N-dealkylation sites (tertiary alicyclic amines) is 1. The van der Waals surface area contributed by atoms with Crippen molar-refractivity contribution in [3.63, 3.8) is 0 Å². The Kier molecular flexibility index (Phi) is 4.17. The van der Waals surface area contributed by atoms with Crippen molar-refractivity contribution in [2.45, 2.75) is 64.3 Å². The second-order valence-corrected chi connectivity index (χ2v) is 7.83. The van der Waals surface area contributed by atoms with Gasteiger partial charge >= 0.3 is 6.09 Å². The summed E-state index contributed by atoms with van der Waals surface area (Å²) in [4.78, 5) is 18.6. The molecule has 4 atom stereocenters. The van der Waals surface area contributed by atoms with E-state index in [1.165, 1.54) is 0 Å². The molecule has 1 aromatic rings. The van der Waals surface area contributed by atoms with E-state index in [1.54, 1.807) is 18.3 Å². The van der Waals surface area contributed by atoms with E-state index >= 15 is 0 Å². The normalized spacial score (nSPS) is 29.7. The lowest BCUT2D eigenvalue weighted by atomic mass is 9.99. The number of pyridine rings is 1. The zero-order valence-corrected chi connectivity index (χ0v) is 14.7. The van der Waals surface area contributed by atoms with Gasteiger partial charge in [-0.2, -0.15) is 0 Å². The van der Waals surface area contributed by atoms with Gasteiger partial charge in [0, 0.05) is 18.3 Å². The van der Waals surface area contributed by atoms with Gasteiger partial charge < -0.3 is 9.47 Å². The minimum Gasteiger partial charge on any atom is -0.472 e. The fraction of sp³-hybridized carbons (Fsp3) is 0.647. The molecular formula is C17H23ClN2O3. The second kappa shape index (κ2) is 5.86. The van der Waals surface area contributed by atoms with Crippen molar-refractivity contribution < 1.29 is 14.3 Å². The van der Waals surface area contributed by atoms with Crippen molar-refractivity contribution in [1.82, 2.24) is 9.88 Å². The third kappa shape index (κ3) is 3.39. The third-order valence-electron chi connectivity index (χ3n) is 4.56. The molecule has 23 heavy (non-hydrogen) atoms. The first-order valence-corrected chi connectivity index (χ1v) is 8.42. The van der Waals surface area contributed by atoms with Crippen molar-refractivity contribution in [1.29, 1.82) is 0 Å². The van der Waals surface area contributed by atoms with E-state index in [-0.39, 0.29) is 24.3 Å². The summed E-state index contributed by atoms with van der Waals surface area (Å²) in [7, 11) is 0. The Bertz CT molecular complexity index is 584. The molecule has 1 aliphatic heterocycles. The number of piperidine rings is 1. The van der Waals surface area contributed by atoms with Crippen molar-refractivity contribution >= 4 is 17.7 Å². The van der Waals surface area contributed by atoms with E-state index in [0.717, 1.165) is 12.8 Å². The summed E-state index contributed by atoms with van der Waals surface area (Å²) in [6.07, 6.45) is 3.17. The van der Waals surface area contributed by atoms with Crippen molar-refractivity contribution in [2.24, 2.45) is 5.92 Å². The summed E-state index contributed by atoms with van der Waals surface area (Å²) >= 11 is 5.85. The van der Waals surface area contributed by atoms with Gasteiger partial charge in [-0.05, 0) is 52.5 Å². The molecule has 4 unspecified atom stereocenters. The fourth-order valence-corrected chi connectivity index (χ4v) is 3.67. The number of carbonyl (C=O) groups excluding carboxylic acids is 1. The summed E-state index contributed by atoms with van der Waals surface area (Å²) in [6.45, 7) is 7.74. The van der Waals surface area contributed by atoms with Crippen LogP contribution in [-0.4, -0.2) is 39.8 Å². The average Bonchev–Trinajstić information content (AvgIpc) is 2.97. The SMILES string of the molecule is CC1C2CC(Oc3ccc(Cl)cn3)C(C2)N1C(=O)OC(C)(C)C. The van der Waals surface area contributed by atoms with Gasteiger partial charge in [0.1, 0.15) is 11.7 Å². The molecule has 1 saturated heterocycles. The van der Waals surface area contributed by atoms with Crippen molar-refractivity contribution in [3.05, 3.63) is 23.4 Å². The van der Waals surface area contributed by atoms with Crippen LogP contribution in [0.5, 0.6) is 5.88 Å². The zero-order chi connectivity index (χ0) is 16.8. The zero-order valence-electron chi connectivity index (χ0n) is 14.0. The molecule has 0 spiro atoms. The van der Waals surface area contributed by atoms with Crippen LogP contribution in [0.1, 0.15) is 40.5 Å². The molecule has 2 heterocycles. The highest BCUT2D eigenvalue weighted by atomic mass is 35.5. The van der Waals surface area contributed by atoms with Gasteiger partial charge in [0.2, 0.25) is 5.88 Å². The molecule has 0 N–H and O–H groups in total. The summed E-state index contributed by atoms with van der Waals surface area (Å²) in [5.74, 6) is 0.994. The Morgan fingerprint density at radius 1 is 1.35 bits per heavy atom. The quantitative estimate of drug-likeness (QED) is 0.820. The Morgan fingerprint density at radius 3 is 2.65 bits per heavy atom. The maximum absolute atomic E-state index is 12.5. The van der Waals surface area contributed by atoms with Crippen molar-refractivity contribution in [3.8, 4) is 5.88 Å². The monoisotopic (exact) mass is 338 g/mol. The number of amides is 1. The van der Waals surface area contributed by atoms with Crippen LogP contribution in [-0.2, 0) is 4.74 Å². The fourth-order valence-electron chi connectivity index (χ4n) is 3.56. The molecule has 2 fully saturated rings. The lowest BCUT2D eigenvalue weighted by Gasteiger charge is -2.38. The standard InChI is InChI=1S/C17H23ClN2O3/c1-10-11-7-13(20(10)16(21)23-17(2,3)4)14(8-11)22-15-6-5-12(18)9-19-15/h5-6,9-11,13-14H,7-8H2,1-4H3. The minimum absolute atomic E-state index is 0.0438. The number of carbonyl (C=O) groups is 1. The van der Waals surface area contributed by atoms with E-state index in [2.05, 4.69) is 11.9 Å². The van der Waals surface area contributed by atoms with Crippen LogP contribution in [0.4, 0.5) is 4.79 Å². The number of fused-ring (bicyclic) bond motifs is 2. The van der Waals surface area contributed by atoms with E-state index in [0.29, 0.717) is 16.8 Å². The van der Waals surface area contributed by atoms with Gasteiger partial charge in [0.15, 0.2) is 0 Å². The highest BCUT2D eigenvalue weighted by Crippen LogP contribution is 2.44. The van der Waals surface area contributed by atoms with Crippen molar-refractivity contribution in [2.75, 3.05) is 0 Å². The molecule has 6 heteroatoms. The van der Waals surface area contributed by atoms with Crippen LogP contribution in [0.3, 0.4) is 0 Å². The average molecular weight is 339 g/mol. The molecule has 1 aliphatic carbocycles. The minimum atomic E-state index is -0.493. The van der Waals surface area contributed by atoms with Gasteiger partial charge in [-0.25, -0.2) is 9.78 Å². The Balaban J connectivity index is 1.71. The Hall–Kier alpha value is -1.49. The lowest BCUT2D eigenvalue weighted by molar-refractivity contribution is -0.0108. The number of hydrogen-bond donors (Lipinski definition) is 0. The molecule has 1 saturated carbocycles. The number of nitrogens with zero attached hydrogens (tertiary/aromatic N) is 2. The number of aromatic nitrogens is 1. The molecule has 1 amide bonds. The molecule has 126 valence electrons. The maximum atomic E-state index is 12.5. The molecule has 0 aromatic carbocycles. The van der Waals surface area contributed by atoms with E-state index in [4.69, 9.17) is 21.1 Å². The van der Waals surface area contributed by atoms with Crippen LogP contribution < -0.4 is 4.74 Å². The smallest absolute Gasteiger partial charge is 0.410 e. The summed E-state index contributed by atoms with van der Waals surface area (Å²) in [5.41, 5.74) is -0.493. The van der Waals surface area contributed by atoms with E-state index < -0.39 is 5.60 Å². The largest absolute Gasteiger partial charge is 0.472 e. The maximum Gasteiger partial charge on any atom is 0.410 e. The summed E-state index contributed by atoms with van der Waals surface area (Å²) in [5, 5.41) is 0.578. The number of halogens is 1. The van der Waals surface area contributed by atoms with E-state index in [1.807, 2.05) is 25.7 Å². The van der Waals surface area contributed by atoms with Crippen LogP contribution in [0.15, 0.2) is 18.3 Å². The van der Waals surface area contributed by atoms with Gasteiger partial charge in [0.05, 0.1) is 11.1 Å². The van der Waals surface area contributed by atoms with Gasteiger partial charge in [-0.3, -0.25) is 4.90 Å². The molecule has 0 radical (unpaired) electrons. The van der Waals surface area contributed by atoms with Crippen LogP contribution in [0, 0.1) is 5.92 Å². The predicted octanol–water partition coefficient (Wildman–Crippen LogP) is 3.90. The predicted molar refractivity (Wildman–Crippen MR) is 87.7 cm³/mol. The topological polar surface area (TPSA) is 51.7 Å². The molecule has 3 rings (SSSR count). The van der Waals surface area contributed by atoms with Gasteiger partial charge in [-0.1, -0.05) is 11.6 Å². The van der Waals surface area contributed by atoms with Crippen LogP contribution in [0.25, 0.3) is 0 Å². The molecule has 5 nitrogen and oxygen atoms in total. The second-order valence-electron chi connectivity index (χ2n) is 7.40. The highest BCUT2D eigenvalue weighted by Gasteiger charge is 2.53. The third-order valence-corrected chi connectivity index (χ3v) is 4.79. The molecule has 2 aliphatic rings. The van der Waals surface area contributed by atoms with Crippen LogP contribution in [0.2, 0.25) is 5.02 Å². The number of rotatable bonds is 2. The van der Waals surface area contributed by atoms with Gasteiger partial charge in [0.25, 0.3) is 0 Å². The van der Waals surface area contributed by atoms with Crippen LogP contribution >= 0.6 is 11.6 Å². The summed E-state index contributed by atoms with van der Waals surface area (Å²) < 4.78 is 11.6. The van der Waals surface area contributed by atoms with E-state index in [9.17, 15) is 4.79 Å². The molecule has 1 aromatic heterocycles. The van der Waals surface area contributed by atoms with Gasteiger partial charge in [-0.15, -0.1) is 0 Å². The first-order chi connectivity index (χ1) is 10.7. The Morgan fingerprint density at radius 2 is 2.09 bits per heavy atom. The molecular weight excluding hydrogens is 316 g/mol. The number of hydrogen-bond acceptors (Lipinski definition) is 4. The number of ether oxygens (including phenoxy) is 2. The Labute approximate surface area is 141 Å². The highest BCUT2D eigenvalue weighted by molar-refractivity contribution is 6.30. The first kappa shape index (κ1) is 16.4. The first-order valence-electron chi connectivity index (χ1n) is 8.04.